The fraction of sp³-hybridized carbons (Fsp3) is 0.391. The van der Waals surface area contributed by atoms with Crippen LogP contribution >= 0.6 is 0 Å². The van der Waals surface area contributed by atoms with E-state index in [1.54, 1.807) is 25.4 Å². The summed E-state index contributed by atoms with van der Waals surface area (Å²) in [4.78, 5) is 23.0. The van der Waals surface area contributed by atoms with Crippen LogP contribution in [0.25, 0.3) is 0 Å². The van der Waals surface area contributed by atoms with E-state index in [1.165, 1.54) is 13.3 Å². The summed E-state index contributed by atoms with van der Waals surface area (Å²) in [5, 5.41) is 0. The predicted octanol–water partition coefficient (Wildman–Crippen LogP) is 5.59. The second-order valence-electron chi connectivity index (χ2n) is 6.39. The number of Topliss-reactive ketones (excluding diaryl/α,β-unsaturated/α-hetero) is 1. The van der Waals surface area contributed by atoms with E-state index in [9.17, 15) is 4.79 Å². The van der Waals surface area contributed by atoms with Gasteiger partial charge in [-0.3, -0.25) is 14.8 Å². The lowest BCUT2D eigenvalue weighted by Crippen LogP contribution is -2.01. The minimum Gasteiger partial charge on any atom is -0.496 e. The number of nitrogens with zero attached hydrogens (tertiary/aromatic N) is 3. The number of aliphatic imine (C=N–C) groups is 2. The van der Waals surface area contributed by atoms with Crippen LogP contribution < -0.4 is 0 Å². The third-order valence-electron chi connectivity index (χ3n) is 3.45. The van der Waals surface area contributed by atoms with E-state index >= 15 is 0 Å². The van der Waals surface area contributed by atoms with E-state index in [0.717, 1.165) is 29.2 Å². The molecule has 0 aliphatic carbocycles. The Morgan fingerprint density at radius 1 is 1.29 bits per heavy atom. The molecule has 0 N–H and O–H groups in total. The van der Waals surface area contributed by atoms with Crippen LogP contribution in [-0.2, 0) is 4.74 Å². The average molecular weight is 384 g/mol. The number of carbonyl (C=O) groups excluding carboxylic acids is 1. The summed E-state index contributed by atoms with van der Waals surface area (Å²) in [5.41, 5.74) is 3.26. The molecule has 0 spiro atoms. The summed E-state index contributed by atoms with van der Waals surface area (Å²) in [6.45, 7) is 15.3. The van der Waals surface area contributed by atoms with Crippen LogP contribution in [0.15, 0.2) is 64.5 Å². The molecule has 1 aromatic rings. The molecule has 0 bridgehead atoms. The highest BCUT2D eigenvalue weighted by Crippen LogP contribution is 2.03. The number of ketones is 1. The molecule has 0 saturated carbocycles. The molecular weight excluding hydrogens is 350 g/mol. The molecule has 1 aromatic heterocycles. The van der Waals surface area contributed by atoms with E-state index in [2.05, 4.69) is 28.5 Å². The Balaban J connectivity index is 0.000000528. The van der Waals surface area contributed by atoms with Crippen LogP contribution in [0.2, 0.25) is 0 Å². The second-order valence-corrected chi connectivity index (χ2v) is 6.39. The topological polar surface area (TPSA) is 63.9 Å². The number of rotatable bonds is 8. The summed E-state index contributed by atoms with van der Waals surface area (Å²) < 4.78 is 5.45. The Morgan fingerprint density at radius 2 is 1.96 bits per heavy atom. The standard InChI is InChI=1S/C12H20O.C11H13N3O/c1-6-11(4)8-7-9-12(5)13-10(2)3;1-8(14-7-12-3)11-5-4-10(6-13-11)9(2)15/h7-10H,4,6H2,1-3,5H3;4-7H,1-3H3/b8-7-,12-9+;. The zero-order valence-electron chi connectivity index (χ0n) is 18.2. The minimum atomic E-state index is 0.0127. The van der Waals surface area contributed by atoms with Gasteiger partial charge in [-0.15, -0.1) is 0 Å². The predicted molar refractivity (Wildman–Crippen MR) is 119 cm³/mol. The highest BCUT2D eigenvalue weighted by Gasteiger charge is 2.01. The van der Waals surface area contributed by atoms with Crippen molar-refractivity contribution in [3.05, 3.63) is 65.7 Å². The fourth-order valence-corrected chi connectivity index (χ4v) is 1.88. The summed E-state index contributed by atoms with van der Waals surface area (Å²) in [6.07, 6.45) is 10.2. The van der Waals surface area contributed by atoms with Crippen LogP contribution in [0, 0.1) is 0 Å². The lowest BCUT2D eigenvalue weighted by Gasteiger charge is -2.08. The molecule has 0 aliphatic rings. The number of hydrogen-bond acceptors (Lipinski definition) is 4. The molecule has 0 unspecified atom stereocenters. The van der Waals surface area contributed by atoms with Crippen molar-refractivity contribution in [1.29, 1.82) is 0 Å². The molecule has 0 atom stereocenters. The monoisotopic (exact) mass is 383 g/mol. The van der Waals surface area contributed by atoms with Crippen molar-refractivity contribution >= 4 is 17.8 Å². The SMILES string of the molecule is C=C(/C=C\C=C(/C)OC(C)C)CC.CN=CN=C(C)c1ccc(C(C)=O)cn1. The van der Waals surface area contributed by atoms with Gasteiger partial charge in [-0.2, -0.15) is 0 Å². The lowest BCUT2D eigenvalue weighted by molar-refractivity contribution is 0.101. The fourth-order valence-electron chi connectivity index (χ4n) is 1.88. The maximum Gasteiger partial charge on any atom is 0.161 e. The molecule has 5 nitrogen and oxygen atoms in total. The van der Waals surface area contributed by atoms with Crippen LogP contribution in [0.5, 0.6) is 0 Å². The van der Waals surface area contributed by atoms with Gasteiger partial charge in [-0.25, -0.2) is 4.99 Å². The Bertz CT molecular complexity index is 740. The first-order chi connectivity index (χ1) is 13.2. The smallest absolute Gasteiger partial charge is 0.161 e. The van der Waals surface area contributed by atoms with Crippen molar-refractivity contribution < 1.29 is 9.53 Å². The molecule has 0 aromatic carbocycles. The van der Waals surface area contributed by atoms with Crippen LogP contribution in [0.1, 0.15) is 64.0 Å². The lowest BCUT2D eigenvalue weighted by atomic mass is 10.2. The van der Waals surface area contributed by atoms with Crippen molar-refractivity contribution in [3.8, 4) is 0 Å². The van der Waals surface area contributed by atoms with Crippen molar-refractivity contribution in [2.75, 3.05) is 7.05 Å². The van der Waals surface area contributed by atoms with Gasteiger partial charge in [0.1, 0.15) is 6.34 Å². The number of carbonyl (C=O) groups is 1. The van der Waals surface area contributed by atoms with Gasteiger partial charge in [0.05, 0.1) is 23.3 Å². The molecule has 152 valence electrons. The van der Waals surface area contributed by atoms with Crippen LogP contribution in [0.4, 0.5) is 0 Å². The summed E-state index contributed by atoms with van der Waals surface area (Å²) >= 11 is 0. The Labute approximate surface area is 169 Å². The number of ether oxygens (including phenoxy) is 1. The molecule has 1 heterocycles. The van der Waals surface area contributed by atoms with Crippen LogP contribution in [-0.4, -0.2) is 36.0 Å². The third kappa shape index (κ3) is 11.7. The van der Waals surface area contributed by atoms with Gasteiger partial charge in [-0.1, -0.05) is 31.2 Å². The van der Waals surface area contributed by atoms with Gasteiger partial charge < -0.3 is 4.74 Å². The minimum absolute atomic E-state index is 0.0127. The van der Waals surface area contributed by atoms with Gasteiger partial charge in [-0.05, 0) is 59.2 Å². The van der Waals surface area contributed by atoms with E-state index < -0.39 is 0 Å². The number of aromatic nitrogens is 1. The van der Waals surface area contributed by atoms with Crippen molar-refractivity contribution in [2.24, 2.45) is 9.98 Å². The Morgan fingerprint density at radius 3 is 2.43 bits per heavy atom. The maximum absolute atomic E-state index is 11.0. The first-order valence-electron chi connectivity index (χ1n) is 9.33. The molecule has 0 amide bonds. The highest BCUT2D eigenvalue weighted by molar-refractivity contribution is 6.01. The van der Waals surface area contributed by atoms with Crippen molar-refractivity contribution in [1.82, 2.24) is 4.98 Å². The molecule has 28 heavy (non-hydrogen) atoms. The van der Waals surface area contributed by atoms with Gasteiger partial charge in [0.25, 0.3) is 0 Å². The summed E-state index contributed by atoms with van der Waals surface area (Å²) in [5.74, 6) is 0.953. The quantitative estimate of drug-likeness (QED) is 0.193. The molecule has 0 fully saturated rings. The van der Waals surface area contributed by atoms with E-state index in [4.69, 9.17) is 4.74 Å². The first kappa shape index (κ1) is 25.2. The van der Waals surface area contributed by atoms with E-state index in [-0.39, 0.29) is 11.9 Å². The van der Waals surface area contributed by atoms with Gasteiger partial charge in [0.15, 0.2) is 5.78 Å². The molecule has 0 aliphatic heterocycles. The normalized spacial score (nSPS) is 12.3. The Hall–Kier alpha value is -2.82. The number of pyridine rings is 1. The van der Waals surface area contributed by atoms with Gasteiger partial charge in [0, 0.05) is 18.8 Å². The first-order valence-corrected chi connectivity index (χ1v) is 9.33. The zero-order chi connectivity index (χ0) is 21.5. The van der Waals surface area contributed by atoms with E-state index in [0.29, 0.717) is 5.56 Å². The molecule has 5 heteroatoms. The second kappa shape index (κ2) is 14.3. The van der Waals surface area contributed by atoms with E-state index in [1.807, 2.05) is 45.9 Å². The molecular formula is C23H33N3O2. The van der Waals surface area contributed by atoms with Crippen molar-refractivity contribution in [2.45, 2.75) is 54.1 Å². The number of hydrogen-bond donors (Lipinski definition) is 0. The van der Waals surface area contributed by atoms with Crippen molar-refractivity contribution in [3.63, 3.8) is 0 Å². The Kier molecular flexibility index (Phi) is 12.8. The summed E-state index contributed by atoms with van der Waals surface area (Å²) in [6, 6.07) is 3.52. The largest absolute Gasteiger partial charge is 0.496 e. The molecule has 0 radical (unpaired) electrons. The third-order valence-corrected chi connectivity index (χ3v) is 3.45. The molecule has 1 rings (SSSR count). The molecule has 0 saturated heterocycles. The maximum atomic E-state index is 11.0. The van der Waals surface area contributed by atoms with Gasteiger partial charge >= 0.3 is 0 Å². The van der Waals surface area contributed by atoms with Gasteiger partial charge in [0.2, 0.25) is 0 Å². The average Bonchev–Trinajstić information content (AvgIpc) is 2.65. The van der Waals surface area contributed by atoms with Crippen LogP contribution in [0.3, 0.4) is 0 Å². The highest BCUT2D eigenvalue weighted by atomic mass is 16.5. The zero-order valence-corrected chi connectivity index (χ0v) is 18.2. The number of allylic oxidation sites excluding steroid dienone is 5. The summed E-state index contributed by atoms with van der Waals surface area (Å²) in [7, 11) is 1.66.